The number of phenols is 1. The molecule has 0 bridgehead atoms. The standard InChI is InChI=1S/C16H16O3/c1-10-7-13(18)8-15(19-3)16(10)14-6-4-5-12(9-17)11(14)2/h4-9,18H,1-3H3. The van der Waals surface area contributed by atoms with Gasteiger partial charge in [-0.1, -0.05) is 18.2 Å². The molecule has 2 rings (SSSR count). The topological polar surface area (TPSA) is 46.5 Å². The van der Waals surface area contributed by atoms with Crippen molar-refractivity contribution in [2.75, 3.05) is 7.11 Å². The van der Waals surface area contributed by atoms with Crippen molar-refractivity contribution in [3.05, 3.63) is 47.0 Å². The minimum Gasteiger partial charge on any atom is -0.508 e. The second-order valence-corrected chi connectivity index (χ2v) is 4.48. The van der Waals surface area contributed by atoms with E-state index in [4.69, 9.17) is 4.74 Å². The maximum atomic E-state index is 11.0. The fraction of sp³-hybridized carbons (Fsp3) is 0.188. The highest BCUT2D eigenvalue weighted by atomic mass is 16.5. The maximum Gasteiger partial charge on any atom is 0.150 e. The molecule has 0 aliphatic carbocycles. The largest absolute Gasteiger partial charge is 0.508 e. The number of ether oxygens (including phenoxy) is 1. The van der Waals surface area contributed by atoms with Crippen LogP contribution in [0.15, 0.2) is 30.3 Å². The van der Waals surface area contributed by atoms with E-state index >= 15 is 0 Å². The SMILES string of the molecule is COc1cc(O)cc(C)c1-c1cccc(C=O)c1C. The molecule has 3 nitrogen and oxygen atoms in total. The van der Waals surface area contributed by atoms with Gasteiger partial charge >= 0.3 is 0 Å². The zero-order chi connectivity index (χ0) is 14.0. The molecule has 0 aromatic heterocycles. The molecule has 0 unspecified atom stereocenters. The maximum absolute atomic E-state index is 11.0. The summed E-state index contributed by atoms with van der Waals surface area (Å²) in [6, 6.07) is 8.84. The summed E-state index contributed by atoms with van der Waals surface area (Å²) in [4.78, 5) is 11.0. The summed E-state index contributed by atoms with van der Waals surface area (Å²) < 4.78 is 5.34. The monoisotopic (exact) mass is 256 g/mol. The predicted octanol–water partition coefficient (Wildman–Crippen LogP) is 3.50. The van der Waals surface area contributed by atoms with E-state index in [1.807, 2.05) is 26.0 Å². The minimum atomic E-state index is 0.169. The normalized spacial score (nSPS) is 10.3. The Kier molecular flexibility index (Phi) is 3.56. The Hall–Kier alpha value is -2.29. The van der Waals surface area contributed by atoms with Gasteiger partial charge in [0, 0.05) is 17.2 Å². The van der Waals surface area contributed by atoms with Crippen LogP contribution in [-0.2, 0) is 0 Å². The van der Waals surface area contributed by atoms with Crippen molar-refractivity contribution in [1.82, 2.24) is 0 Å². The van der Waals surface area contributed by atoms with Gasteiger partial charge in [-0.25, -0.2) is 0 Å². The third-order valence-electron chi connectivity index (χ3n) is 3.28. The molecule has 2 aromatic carbocycles. The Labute approximate surface area is 112 Å². The van der Waals surface area contributed by atoms with Gasteiger partial charge in [-0.05, 0) is 36.6 Å². The van der Waals surface area contributed by atoms with E-state index < -0.39 is 0 Å². The molecule has 0 atom stereocenters. The number of hydrogen-bond acceptors (Lipinski definition) is 3. The Morgan fingerprint density at radius 1 is 1.21 bits per heavy atom. The fourth-order valence-electron chi connectivity index (χ4n) is 2.29. The number of benzene rings is 2. The summed E-state index contributed by atoms with van der Waals surface area (Å²) >= 11 is 0. The molecule has 1 N–H and O–H groups in total. The van der Waals surface area contributed by atoms with E-state index in [2.05, 4.69) is 0 Å². The number of phenolic OH excluding ortho intramolecular Hbond substituents is 1. The van der Waals surface area contributed by atoms with Gasteiger partial charge in [-0.2, -0.15) is 0 Å². The van der Waals surface area contributed by atoms with Crippen LogP contribution in [0.4, 0.5) is 0 Å². The molecule has 0 aliphatic rings. The quantitative estimate of drug-likeness (QED) is 0.855. The van der Waals surface area contributed by atoms with Crippen LogP contribution in [0.5, 0.6) is 11.5 Å². The zero-order valence-corrected chi connectivity index (χ0v) is 11.2. The van der Waals surface area contributed by atoms with Gasteiger partial charge < -0.3 is 9.84 Å². The number of hydrogen-bond donors (Lipinski definition) is 1. The van der Waals surface area contributed by atoms with E-state index in [1.165, 1.54) is 0 Å². The van der Waals surface area contributed by atoms with Gasteiger partial charge in [0.2, 0.25) is 0 Å². The van der Waals surface area contributed by atoms with Crippen LogP contribution in [0.2, 0.25) is 0 Å². The van der Waals surface area contributed by atoms with E-state index in [1.54, 1.807) is 25.3 Å². The van der Waals surface area contributed by atoms with E-state index in [9.17, 15) is 9.90 Å². The first-order valence-corrected chi connectivity index (χ1v) is 6.01. The fourth-order valence-corrected chi connectivity index (χ4v) is 2.29. The van der Waals surface area contributed by atoms with Crippen molar-refractivity contribution in [3.8, 4) is 22.6 Å². The van der Waals surface area contributed by atoms with Gasteiger partial charge in [0.25, 0.3) is 0 Å². The molecule has 0 aliphatic heterocycles. The number of rotatable bonds is 3. The van der Waals surface area contributed by atoms with Gasteiger partial charge in [-0.3, -0.25) is 4.79 Å². The van der Waals surface area contributed by atoms with Gasteiger partial charge in [-0.15, -0.1) is 0 Å². The molecule has 0 spiro atoms. The lowest BCUT2D eigenvalue weighted by atomic mass is 9.93. The highest BCUT2D eigenvalue weighted by Crippen LogP contribution is 2.38. The van der Waals surface area contributed by atoms with Crippen molar-refractivity contribution in [1.29, 1.82) is 0 Å². The van der Waals surface area contributed by atoms with Crippen molar-refractivity contribution in [3.63, 3.8) is 0 Å². The van der Waals surface area contributed by atoms with Crippen LogP contribution in [0.25, 0.3) is 11.1 Å². The van der Waals surface area contributed by atoms with Crippen molar-refractivity contribution in [2.45, 2.75) is 13.8 Å². The molecule has 3 heteroatoms. The van der Waals surface area contributed by atoms with Crippen LogP contribution in [-0.4, -0.2) is 18.5 Å². The highest BCUT2D eigenvalue weighted by molar-refractivity contribution is 5.85. The predicted molar refractivity (Wildman–Crippen MR) is 75.0 cm³/mol. The summed E-state index contributed by atoms with van der Waals surface area (Å²) in [6.45, 7) is 3.81. The Bertz CT molecular complexity index is 630. The third-order valence-corrected chi connectivity index (χ3v) is 3.28. The molecule has 0 saturated heterocycles. The van der Waals surface area contributed by atoms with E-state index in [-0.39, 0.29) is 5.75 Å². The first kappa shape index (κ1) is 13.1. The lowest BCUT2D eigenvalue weighted by Gasteiger charge is -2.15. The minimum absolute atomic E-state index is 0.169. The number of methoxy groups -OCH3 is 1. The molecule has 0 heterocycles. The van der Waals surface area contributed by atoms with Crippen LogP contribution in [0.1, 0.15) is 21.5 Å². The number of aromatic hydroxyl groups is 1. The molecule has 0 saturated carbocycles. The average Bonchev–Trinajstić information content (AvgIpc) is 2.39. The summed E-state index contributed by atoms with van der Waals surface area (Å²) in [7, 11) is 1.57. The van der Waals surface area contributed by atoms with Crippen molar-refractivity contribution in [2.24, 2.45) is 0 Å². The number of aryl methyl sites for hydroxylation is 1. The molecular weight excluding hydrogens is 240 g/mol. The van der Waals surface area contributed by atoms with Gasteiger partial charge in [0.05, 0.1) is 7.11 Å². The third kappa shape index (κ3) is 2.32. The number of carbonyl (C=O) groups excluding carboxylic acids is 1. The average molecular weight is 256 g/mol. The molecule has 0 radical (unpaired) electrons. The first-order chi connectivity index (χ1) is 9.08. The van der Waals surface area contributed by atoms with Crippen LogP contribution in [0.3, 0.4) is 0 Å². The van der Waals surface area contributed by atoms with Gasteiger partial charge in [0.15, 0.2) is 0 Å². The molecule has 98 valence electrons. The first-order valence-electron chi connectivity index (χ1n) is 6.01. The van der Waals surface area contributed by atoms with Crippen LogP contribution in [0, 0.1) is 13.8 Å². The van der Waals surface area contributed by atoms with Crippen LogP contribution >= 0.6 is 0 Å². The smallest absolute Gasteiger partial charge is 0.150 e. The van der Waals surface area contributed by atoms with E-state index in [0.717, 1.165) is 28.5 Å². The summed E-state index contributed by atoms with van der Waals surface area (Å²) in [5.74, 6) is 0.769. The second kappa shape index (κ2) is 5.14. The summed E-state index contributed by atoms with van der Waals surface area (Å²) in [5.41, 5.74) is 4.32. The summed E-state index contributed by atoms with van der Waals surface area (Å²) in [5, 5.41) is 9.63. The van der Waals surface area contributed by atoms with E-state index in [0.29, 0.717) is 11.3 Å². The highest BCUT2D eigenvalue weighted by Gasteiger charge is 2.14. The lowest BCUT2D eigenvalue weighted by molar-refractivity contribution is 0.112. The molecule has 0 fully saturated rings. The van der Waals surface area contributed by atoms with Gasteiger partial charge in [0.1, 0.15) is 17.8 Å². The summed E-state index contributed by atoms with van der Waals surface area (Å²) in [6.07, 6.45) is 0.848. The molecular formula is C16H16O3. The Balaban J connectivity index is 2.75. The molecule has 0 amide bonds. The molecule has 2 aromatic rings. The van der Waals surface area contributed by atoms with Crippen molar-refractivity contribution >= 4 is 6.29 Å². The molecule has 19 heavy (non-hydrogen) atoms. The second-order valence-electron chi connectivity index (χ2n) is 4.48. The van der Waals surface area contributed by atoms with Crippen LogP contribution < -0.4 is 4.74 Å². The number of aldehydes is 1. The Morgan fingerprint density at radius 3 is 2.58 bits per heavy atom. The van der Waals surface area contributed by atoms with Crippen molar-refractivity contribution < 1.29 is 14.6 Å². The zero-order valence-electron chi connectivity index (χ0n) is 11.2. The lowest BCUT2D eigenvalue weighted by Crippen LogP contribution is -1.95. The Morgan fingerprint density at radius 2 is 1.95 bits per heavy atom. The number of carbonyl (C=O) groups is 1.